The average molecular weight is 591 g/mol. The molecule has 0 radical (unpaired) electrons. The zero-order valence-electron chi connectivity index (χ0n) is 22.6. The lowest BCUT2D eigenvalue weighted by atomic mass is 9.91. The second kappa shape index (κ2) is 11.1. The Bertz CT molecular complexity index is 1490. The molecule has 3 aromatic rings. The minimum Gasteiger partial charge on any atom is -0.492 e. The maximum absolute atomic E-state index is 15.1. The van der Waals surface area contributed by atoms with Crippen LogP contribution in [0.25, 0.3) is 11.1 Å². The topological polar surface area (TPSA) is 63.2 Å². The quantitative estimate of drug-likeness (QED) is 0.220. The molecule has 6 rings (SSSR count). The van der Waals surface area contributed by atoms with Gasteiger partial charge in [0.1, 0.15) is 23.7 Å². The van der Waals surface area contributed by atoms with E-state index in [1.54, 1.807) is 18.2 Å². The Morgan fingerprint density at radius 1 is 0.976 bits per heavy atom. The van der Waals surface area contributed by atoms with Crippen molar-refractivity contribution in [1.29, 1.82) is 0 Å². The maximum Gasteiger partial charge on any atom is 0.417 e. The van der Waals surface area contributed by atoms with Gasteiger partial charge in [-0.25, -0.2) is 8.78 Å². The van der Waals surface area contributed by atoms with Crippen LogP contribution in [0, 0.1) is 11.6 Å². The van der Waals surface area contributed by atoms with Crippen LogP contribution in [-0.2, 0) is 26.9 Å². The van der Waals surface area contributed by atoms with Gasteiger partial charge < -0.3 is 23.7 Å². The predicted octanol–water partition coefficient (Wildman–Crippen LogP) is 6.92. The van der Waals surface area contributed by atoms with Crippen molar-refractivity contribution in [2.24, 2.45) is 0 Å². The zero-order valence-corrected chi connectivity index (χ0v) is 22.6. The number of carbonyl (C=O) groups is 1. The second-order valence-electron chi connectivity index (χ2n) is 10.6. The maximum atomic E-state index is 15.1. The number of rotatable bonds is 7. The van der Waals surface area contributed by atoms with E-state index in [1.165, 1.54) is 13.2 Å². The number of halogens is 5. The summed E-state index contributed by atoms with van der Waals surface area (Å²) in [7, 11) is 1.32. The predicted molar refractivity (Wildman–Crippen MR) is 140 cm³/mol. The number of carbonyl (C=O) groups excluding carboxylic acids is 1. The largest absolute Gasteiger partial charge is 0.492 e. The fourth-order valence-electron chi connectivity index (χ4n) is 5.89. The van der Waals surface area contributed by atoms with Crippen LogP contribution in [-0.4, -0.2) is 39.0 Å². The molecule has 42 heavy (non-hydrogen) atoms. The number of alkyl halides is 3. The lowest BCUT2D eigenvalue weighted by Crippen LogP contribution is -2.17. The minimum atomic E-state index is -4.76. The first kappa shape index (κ1) is 28.3. The van der Waals surface area contributed by atoms with Crippen molar-refractivity contribution in [3.8, 4) is 28.4 Å². The fourth-order valence-corrected chi connectivity index (χ4v) is 5.89. The molecule has 0 amide bonds. The van der Waals surface area contributed by atoms with Crippen molar-refractivity contribution in [3.05, 3.63) is 76.4 Å². The average Bonchev–Trinajstić information content (AvgIpc) is 3.70. The van der Waals surface area contributed by atoms with Crippen molar-refractivity contribution in [1.82, 2.24) is 0 Å². The molecule has 6 nitrogen and oxygen atoms in total. The first-order valence-electron chi connectivity index (χ1n) is 13.6. The molecule has 222 valence electrons. The van der Waals surface area contributed by atoms with Crippen LogP contribution < -0.4 is 14.2 Å². The van der Waals surface area contributed by atoms with Gasteiger partial charge in [0, 0.05) is 24.0 Å². The Labute approximate surface area is 238 Å². The number of ether oxygens (including phenoxy) is 5. The van der Waals surface area contributed by atoms with Crippen molar-refractivity contribution in [3.63, 3.8) is 0 Å². The number of hydrogen-bond donors (Lipinski definition) is 0. The molecular formula is C31H27F5O6. The summed E-state index contributed by atoms with van der Waals surface area (Å²) in [6, 6.07) is 9.26. The molecular weight excluding hydrogens is 563 g/mol. The lowest BCUT2D eigenvalue weighted by molar-refractivity contribution is -0.141. The molecule has 1 saturated heterocycles. The van der Waals surface area contributed by atoms with Gasteiger partial charge in [-0.05, 0) is 59.4 Å². The smallest absolute Gasteiger partial charge is 0.417 e. The molecule has 0 bridgehead atoms. The first-order valence-corrected chi connectivity index (χ1v) is 13.6. The van der Waals surface area contributed by atoms with E-state index < -0.39 is 41.3 Å². The van der Waals surface area contributed by atoms with Crippen LogP contribution in [0.3, 0.4) is 0 Å². The summed E-state index contributed by atoms with van der Waals surface area (Å²) in [5.74, 6) is -2.30. The summed E-state index contributed by atoms with van der Waals surface area (Å²) in [6.07, 6.45) is -4.68. The highest BCUT2D eigenvalue weighted by Crippen LogP contribution is 2.48. The van der Waals surface area contributed by atoms with E-state index in [0.29, 0.717) is 48.7 Å². The van der Waals surface area contributed by atoms with Gasteiger partial charge in [0.25, 0.3) is 0 Å². The zero-order chi connectivity index (χ0) is 29.6. The first-order chi connectivity index (χ1) is 20.1. The molecule has 1 fully saturated rings. The normalized spacial score (nSPS) is 21.0. The summed E-state index contributed by atoms with van der Waals surface area (Å²) in [4.78, 5) is 11.7. The van der Waals surface area contributed by atoms with E-state index in [9.17, 15) is 18.0 Å². The van der Waals surface area contributed by atoms with E-state index in [-0.39, 0.29) is 42.5 Å². The molecule has 0 saturated carbocycles. The van der Waals surface area contributed by atoms with Crippen LogP contribution in [0.5, 0.6) is 17.2 Å². The molecule has 11 heteroatoms. The molecule has 0 spiro atoms. The summed E-state index contributed by atoms with van der Waals surface area (Å²) >= 11 is 0. The summed E-state index contributed by atoms with van der Waals surface area (Å²) < 4.78 is 99.9. The van der Waals surface area contributed by atoms with Crippen LogP contribution in [0.2, 0.25) is 0 Å². The lowest BCUT2D eigenvalue weighted by Gasteiger charge is -2.20. The molecule has 3 atom stereocenters. The number of hydrogen-bond acceptors (Lipinski definition) is 6. The fraction of sp³-hybridized carbons (Fsp3) is 0.387. The SMILES string of the molecule is COC(=O)C[C@@H]1COc2cc(O[C@@H]3CCc4c3ccc(C(F)(F)F)c4-c3cc(F)c(O[C@@H]4CCOC4)c(F)c3)ccc21. The van der Waals surface area contributed by atoms with Gasteiger partial charge in [-0.2, -0.15) is 13.2 Å². The third-order valence-corrected chi connectivity index (χ3v) is 7.90. The van der Waals surface area contributed by atoms with Gasteiger partial charge in [-0.3, -0.25) is 4.79 Å². The number of benzene rings is 3. The van der Waals surface area contributed by atoms with Crippen molar-refractivity contribution >= 4 is 5.97 Å². The van der Waals surface area contributed by atoms with Crippen LogP contribution >= 0.6 is 0 Å². The molecule has 3 aliphatic rings. The van der Waals surface area contributed by atoms with Gasteiger partial charge in [-0.15, -0.1) is 0 Å². The highest BCUT2D eigenvalue weighted by Gasteiger charge is 2.39. The molecule has 1 aliphatic carbocycles. The van der Waals surface area contributed by atoms with Crippen LogP contribution in [0.15, 0.2) is 42.5 Å². The van der Waals surface area contributed by atoms with Crippen molar-refractivity contribution in [2.75, 3.05) is 26.9 Å². The Hall–Kier alpha value is -3.86. The molecule has 0 aromatic heterocycles. The van der Waals surface area contributed by atoms with Gasteiger partial charge in [-0.1, -0.05) is 12.1 Å². The van der Waals surface area contributed by atoms with Crippen LogP contribution in [0.4, 0.5) is 22.0 Å². The molecule has 2 heterocycles. The van der Waals surface area contributed by atoms with Crippen molar-refractivity contribution in [2.45, 2.75) is 50.0 Å². The number of methoxy groups -OCH3 is 1. The van der Waals surface area contributed by atoms with Gasteiger partial charge in [0.05, 0.1) is 38.9 Å². The highest BCUT2D eigenvalue weighted by atomic mass is 19.4. The molecule has 3 aromatic carbocycles. The summed E-state index contributed by atoms with van der Waals surface area (Å²) in [5, 5.41) is 0. The van der Waals surface area contributed by atoms with Crippen LogP contribution in [0.1, 0.15) is 53.5 Å². The molecule has 0 N–H and O–H groups in total. The summed E-state index contributed by atoms with van der Waals surface area (Å²) in [5.41, 5.74) is 0.180. The van der Waals surface area contributed by atoms with E-state index in [0.717, 1.165) is 23.8 Å². The van der Waals surface area contributed by atoms with E-state index >= 15 is 8.78 Å². The van der Waals surface area contributed by atoms with Gasteiger partial charge in [0.15, 0.2) is 17.4 Å². The second-order valence-corrected chi connectivity index (χ2v) is 10.6. The Morgan fingerprint density at radius 3 is 2.43 bits per heavy atom. The number of fused-ring (bicyclic) bond motifs is 2. The van der Waals surface area contributed by atoms with E-state index in [4.69, 9.17) is 23.7 Å². The standard InChI is InChI=1S/C31H27F5O6/c1-38-28(37)12-17-14-40-27-13-18(2-3-20(17)27)41-26-7-5-22-21(26)4-6-23(31(34,35)36)29(22)16-10-24(32)30(25(33)11-16)42-19-8-9-39-15-19/h2-4,6,10-11,13,17,19,26H,5,7-9,12,14-15H2,1H3/t17-,19-,26-/m1/s1. The third-order valence-electron chi connectivity index (χ3n) is 7.90. The van der Waals surface area contributed by atoms with E-state index in [2.05, 4.69) is 0 Å². The van der Waals surface area contributed by atoms with Gasteiger partial charge in [0.2, 0.25) is 0 Å². The third kappa shape index (κ3) is 5.37. The van der Waals surface area contributed by atoms with Crippen molar-refractivity contribution < 1.29 is 50.4 Å². The van der Waals surface area contributed by atoms with E-state index in [1.807, 2.05) is 0 Å². The molecule has 0 unspecified atom stereocenters. The summed E-state index contributed by atoms with van der Waals surface area (Å²) in [6.45, 7) is 0.890. The highest BCUT2D eigenvalue weighted by molar-refractivity contribution is 5.75. The Balaban J connectivity index is 1.31. The molecule has 2 aliphatic heterocycles. The monoisotopic (exact) mass is 590 g/mol. The Kier molecular flexibility index (Phi) is 7.46. The number of esters is 1. The Morgan fingerprint density at radius 2 is 1.74 bits per heavy atom. The van der Waals surface area contributed by atoms with Gasteiger partial charge >= 0.3 is 12.1 Å². The minimum absolute atomic E-state index is 0.152.